The molecule has 2 aliphatic heterocycles. The van der Waals surface area contributed by atoms with Crippen molar-refractivity contribution in [2.75, 3.05) is 32.0 Å². The van der Waals surface area contributed by atoms with Crippen molar-refractivity contribution in [1.29, 1.82) is 0 Å². The number of halogens is 1. The maximum atomic E-state index is 12.5. The Balaban J connectivity index is 0.00000180. The van der Waals surface area contributed by atoms with Gasteiger partial charge in [-0.2, -0.15) is 4.31 Å². The van der Waals surface area contributed by atoms with Crippen LogP contribution in [-0.2, 0) is 14.8 Å². The Kier molecular flexibility index (Phi) is 7.04. The van der Waals surface area contributed by atoms with E-state index in [2.05, 4.69) is 5.32 Å². The topological polar surface area (TPSA) is 58.6 Å². The number of rotatable bonds is 6. The molecule has 2 saturated heterocycles. The van der Waals surface area contributed by atoms with E-state index in [0.717, 1.165) is 38.8 Å². The van der Waals surface area contributed by atoms with Crippen LogP contribution in [0.5, 0.6) is 0 Å². The standard InChI is InChI=1S/C12H24N2O3S.ClH/c1-2-7-14(11-5-6-13-9-11)18(15,16)10-12-4-3-8-17-12;/h11-13H,2-10H2,1H3;1H. The van der Waals surface area contributed by atoms with Gasteiger partial charge >= 0.3 is 0 Å². The van der Waals surface area contributed by atoms with Crippen LogP contribution in [0.1, 0.15) is 32.6 Å². The summed E-state index contributed by atoms with van der Waals surface area (Å²) < 4.78 is 32.1. The van der Waals surface area contributed by atoms with Gasteiger partial charge < -0.3 is 10.1 Å². The average molecular weight is 313 g/mol. The summed E-state index contributed by atoms with van der Waals surface area (Å²) in [6.07, 6.45) is 3.55. The van der Waals surface area contributed by atoms with Crippen molar-refractivity contribution in [3.05, 3.63) is 0 Å². The molecule has 2 atom stereocenters. The number of hydrogen-bond acceptors (Lipinski definition) is 4. The SMILES string of the molecule is CCCN(C1CCNC1)S(=O)(=O)CC1CCCO1.Cl. The summed E-state index contributed by atoms with van der Waals surface area (Å²) in [5.41, 5.74) is 0. The van der Waals surface area contributed by atoms with Gasteiger partial charge in [0.25, 0.3) is 0 Å². The zero-order valence-corrected chi connectivity index (χ0v) is 13.1. The van der Waals surface area contributed by atoms with Gasteiger partial charge in [-0.15, -0.1) is 12.4 Å². The van der Waals surface area contributed by atoms with E-state index in [1.54, 1.807) is 4.31 Å². The molecule has 0 aliphatic carbocycles. The van der Waals surface area contributed by atoms with E-state index < -0.39 is 10.0 Å². The number of nitrogens with zero attached hydrogens (tertiary/aromatic N) is 1. The largest absolute Gasteiger partial charge is 0.377 e. The van der Waals surface area contributed by atoms with Crippen LogP contribution in [0.3, 0.4) is 0 Å². The van der Waals surface area contributed by atoms with E-state index in [-0.39, 0.29) is 30.3 Å². The zero-order chi connectivity index (χ0) is 13.0. The Hall–Kier alpha value is 0.120. The summed E-state index contributed by atoms with van der Waals surface area (Å²) in [6, 6.07) is 0.136. The fourth-order valence-electron chi connectivity index (χ4n) is 2.76. The highest BCUT2D eigenvalue weighted by Gasteiger charge is 2.34. The van der Waals surface area contributed by atoms with Gasteiger partial charge in [-0.25, -0.2) is 8.42 Å². The second-order valence-electron chi connectivity index (χ2n) is 5.17. The van der Waals surface area contributed by atoms with Crippen LogP contribution in [0.4, 0.5) is 0 Å². The summed E-state index contributed by atoms with van der Waals surface area (Å²) in [5.74, 6) is 0.156. The summed E-state index contributed by atoms with van der Waals surface area (Å²) >= 11 is 0. The van der Waals surface area contributed by atoms with E-state index in [0.29, 0.717) is 13.2 Å². The molecule has 2 fully saturated rings. The number of hydrogen-bond donors (Lipinski definition) is 1. The number of nitrogens with one attached hydrogen (secondary N) is 1. The molecule has 5 nitrogen and oxygen atoms in total. The van der Waals surface area contributed by atoms with Gasteiger partial charge in [0.05, 0.1) is 11.9 Å². The van der Waals surface area contributed by atoms with Crippen LogP contribution in [-0.4, -0.2) is 56.9 Å². The summed E-state index contributed by atoms with van der Waals surface area (Å²) in [5, 5.41) is 3.24. The second-order valence-corrected chi connectivity index (χ2v) is 7.14. The number of ether oxygens (including phenoxy) is 1. The summed E-state index contributed by atoms with van der Waals surface area (Å²) in [4.78, 5) is 0. The minimum absolute atomic E-state index is 0. The van der Waals surface area contributed by atoms with Crippen molar-refractivity contribution < 1.29 is 13.2 Å². The van der Waals surface area contributed by atoms with Crippen LogP contribution >= 0.6 is 12.4 Å². The quantitative estimate of drug-likeness (QED) is 0.794. The molecule has 0 spiro atoms. The molecule has 0 aromatic rings. The molecule has 0 radical (unpaired) electrons. The van der Waals surface area contributed by atoms with Crippen LogP contribution in [0.15, 0.2) is 0 Å². The van der Waals surface area contributed by atoms with E-state index in [9.17, 15) is 8.42 Å². The maximum Gasteiger partial charge on any atom is 0.216 e. The third-order valence-corrected chi connectivity index (χ3v) is 5.65. The first-order chi connectivity index (χ1) is 8.63. The summed E-state index contributed by atoms with van der Waals surface area (Å²) in [6.45, 7) is 5.06. The highest BCUT2D eigenvalue weighted by molar-refractivity contribution is 7.89. The molecule has 2 aliphatic rings. The normalized spacial score (nSPS) is 27.7. The second kappa shape index (κ2) is 7.78. The van der Waals surface area contributed by atoms with Gasteiger partial charge in [-0.3, -0.25) is 0 Å². The summed E-state index contributed by atoms with van der Waals surface area (Å²) in [7, 11) is -3.18. The monoisotopic (exact) mass is 312 g/mol. The molecule has 1 N–H and O–H groups in total. The highest BCUT2D eigenvalue weighted by atomic mass is 35.5. The van der Waals surface area contributed by atoms with Gasteiger partial charge in [-0.1, -0.05) is 6.92 Å². The smallest absolute Gasteiger partial charge is 0.216 e. The highest BCUT2D eigenvalue weighted by Crippen LogP contribution is 2.20. The predicted octanol–water partition coefficient (Wildman–Crippen LogP) is 0.991. The Labute approximate surface area is 122 Å². The Morgan fingerprint density at radius 1 is 1.37 bits per heavy atom. The lowest BCUT2D eigenvalue weighted by Gasteiger charge is -2.28. The third-order valence-electron chi connectivity index (χ3n) is 3.66. The van der Waals surface area contributed by atoms with Gasteiger partial charge in [-0.05, 0) is 32.2 Å². The first kappa shape index (κ1) is 17.2. The minimum Gasteiger partial charge on any atom is -0.377 e. The molecule has 114 valence electrons. The van der Waals surface area contributed by atoms with Gasteiger partial charge in [0.15, 0.2) is 0 Å². The molecule has 0 bridgehead atoms. The first-order valence-electron chi connectivity index (χ1n) is 6.95. The molecular formula is C12H25ClN2O3S. The third kappa shape index (κ3) is 4.56. The van der Waals surface area contributed by atoms with E-state index >= 15 is 0 Å². The fourth-order valence-corrected chi connectivity index (χ4v) is 4.78. The van der Waals surface area contributed by atoms with E-state index in [4.69, 9.17) is 4.74 Å². The number of sulfonamides is 1. The van der Waals surface area contributed by atoms with Crippen molar-refractivity contribution >= 4 is 22.4 Å². The molecule has 0 amide bonds. The molecule has 2 rings (SSSR count). The minimum atomic E-state index is -3.18. The van der Waals surface area contributed by atoms with Gasteiger partial charge in [0, 0.05) is 25.7 Å². The van der Waals surface area contributed by atoms with Crippen molar-refractivity contribution in [1.82, 2.24) is 9.62 Å². The molecule has 2 unspecified atom stereocenters. The lowest BCUT2D eigenvalue weighted by Crippen LogP contribution is -2.44. The van der Waals surface area contributed by atoms with Crippen LogP contribution in [0.25, 0.3) is 0 Å². The predicted molar refractivity (Wildman–Crippen MR) is 78.3 cm³/mol. The van der Waals surface area contributed by atoms with Crippen molar-refractivity contribution in [2.45, 2.75) is 44.8 Å². The van der Waals surface area contributed by atoms with Gasteiger partial charge in [0.2, 0.25) is 10.0 Å². The molecule has 19 heavy (non-hydrogen) atoms. The van der Waals surface area contributed by atoms with Crippen LogP contribution in [0.2, 0.25) is 0 Å². The average Bonchev–Trinajstić information content (AvgIpc) is 2.97. The maximum absolute atomic E-state index is 12.5. The molecule has 2 heterocycles. The first-order valence-corrected chi connectivity index (χ1v) is 8.56. The Bertz CT molecular complexity index is 352. The molecular weight excluding hydrogens is 288 g/mol. The van der Waals surface area contributed by atoms with Crippen molar-refractivity contribution in [3.63, 3.8) is 0 Å². The van der Waals surface area contributed by atoms with Crippen molar-refractivity contribution in [2.24, 2.45) is 0 Å². The van der Waals surface area contributed by atoms with E-state index in [1.165, 1.54) is 0 Å². The van der Waals surface area contributed by atoms with Crippen LogP contribution < -0.4 is 5.32 Å². The van der Waals surface area contributed by atoms with Crippen molar-refractivity contribution in [3.8, 4) is 0 Å². The Morgan fingerprint density at radius 2 is 2.16 bits per heavy atom. The molecule has 0 aromatic carbocycles. The fraction of sp³-hybridized carbons (Fsp3) is 1.00. The zero-order valence-electron chi connectivity index (χ0n) is 11.5. The van der Waals surface area contributed by atoms with Gasteiger partial charge in [0.1, 0.15) is 0 Å². The lowest BCUT2D eigenvalue weighted by molar-refractivity contribution is 0.126. The van der Waals surface area contributed by atoms with E-state index in [1.807, 2.05) is 6.92 Å². The van der Waals surface area contributed by atoms with Crippen LogP contribution in [0, 0.1) is 0 Å². The molecule has 7 heteroatoms. The Morgan fingerprint density at radius 3 is 2.68 bits per heavy atom. The lowest BCUT2D eigenvalue weighted by atomic mass is 10.2. The molecule has 0 saturated carbocycles. The molecule has 0 aromatic heterocycles.